The van der Waals surface area contributed by atoms with E-state index in [1.807, 2.05) is 0 Å². The van der Waals surface area contributed by atoms with E-state index in [1.54, 1.807) is 6.92 Å². The molecule has 1 aromatic carbocycles. The fourth-order valence-electron chi connectivity index (χ4n) is 1.50. The van der Waals surface area contributed by atoms with Gasteiger partial charge in [0.05, 0.1) is 17.6 Å². The fourth-order valence-corrected chi connectivity index (χ4v) is 1.62. The van der Waals surface area contributed by atoms with Gasteiger partial charge in [-0.25, -0.2) is 0 Å². The molecule has 9 nitrogen and oxygen atoms in total. The van der Waals surface area contributed by atoms with Crippen molar-refractivity contribution in [2.75, 3.05) is 6.61 Å². The van der Waals surface area contributed by atoms with Crippen molar-refractivity contribution < 1.29 is 29.8 Å². The number of non-ortho nitro benzene ring substituents is 1. The number of nitro groups is 1. The van der Waals surface area contributed by atoms with Gasteiger partial charge in [-0.2, -0.15) is 0 Å². The maximum atomic E-state index is 11.3. The van der Waals surface area contributed by atoms with Gasteiger partial charge in [0.15, 0.2) is 4.84 Å². The average molecular weight is 397 g/mol. The molecule has 0 radical (unpaired) electrons. The zero-order valence-corrected chi connectivity index (χ0v) is 14.6. The topological polar surface area (TPSA) is 150 Å². The van der Waals surface area contributed by atoms with Crippen molar-refractivity contribution in [2.45, 2.75) is 30.3 Å². The van der Waals surface area contributed by atoms with E-state index in [1.165, 1.54) is 24.3 Å². The molecule has 0 saturated carbocycles. The number of hydrogen-bond donors (Lipinski definition) is 4. The third-order valence-electron chi connectivity index (χ3n) is 2.85. The zero-order valence-electron chi connectivity index (χ0n) is 13.1. The normalized spacial score (nSPS) is 12.6. The summed E-state index contributed by atoms with van der Waals surface area (Å²) in [4.78, 5) is 29.3. The number of nitrogens with one attached hydrogen (secondary N) is 1. The number of carboxylic acids is 1. The molecule has 2 atom stereocenters. The summed E-state index contributed by atoms with van der Waals surface area (Å²) < 4.78 is 0. The Balaban J connectivity index is 0.00000101. The number of aliphatic hydroxyl groups excluding tert-OH is 2. The average Bonchev–Trinajstić information content (AvgIpc) is 2.59. The van der Waals surface area contributed by atoms with E-state index < -0.39 is 40.4 Å². The Morgan fingerprint density at radius 1 is 1.28 bits per heavy atom. The summed E-state index contributed by atoms with van der Waals surface area (Å²) in [6.45, 7) is 1.05. The van der Waals surface area contributed by atoms with Crippen molar-refractivity contribution in [3.63, 3.8) is 0 Å². The van der Waals surface area contributed by atoms with Gasteiger partial charge in [-0.15, -0.1) is 0 Å². The molecule has 25 heavy (non-hydrogen) atoms. The number of halogens is 2. The smallest absolute Gasteiger partial charge is 0.303 e. The van der Waals surface area contributed by atoms with Crippen LogP contribution in [0, 0.1) is 10.1 Å². The van der Waals surface area contributed by atoms with E-state index in [-0.39, 0.29) is 12.1 Å². The van der Waals surface area contributed by atoms with E-state index >= 15 is 0 Å². The van der Waals surface area contributed by atoms with Gasteiger partial charge < -0.3 is 20.6 Å². The number of aliphatic hydroxyl groups is 2. The molecule has 11 heteroatoms. The van der Waals surface area contributed by atoms with Gasteiger partial charge in [0.1, 0.15) is 6.10 Å². The third kappa shape index (κ3) is 8.64. The van der Waals surface area contributed by atoms with Crippen molar-refractivity contribution >= 4 is 40.8 Å². The van der Waals surface area contributed by atoms with Crippen LogP contribution in [0.5, 0.6) is 0 Å². The Morgan fingerprint density at radius 3 is 2.08 bits per heavy atom. The highest BCUT2D eigenvalue weighted by atomic mass is 35.5. The Hall–Kier alpha value is -1.94. The lowest BCUT2D eigenvalue weighted by Crippen LogP contribution is -2.44. The zero-order chi connectivity index (χ0) is 19.6. The van der Waals surface area contributed by atoms with E-state index in [4.69, 9.17) is 33.4 Å². The van der Waals surface area contributed by atoms with Crippen molar-refractivity contribution in [2.24, 2.45) is 0 Å². The van der Waals surface area contributed by atoms with Gasteiger partial charge in [0, 0.05) is 18.6 Å². The maximum Gasteiger partial charge on any atom is 0.303 e. The Bertz CT molecular complexity index is 581. The van der Waals surface area contributed by atoms with Crippen LogP contribution >= 0.6 is 23.2 Å². The molecule has 0 aromatic heterocycles. The van der Waals surface area contributed by atoms with Gasteiger partial charge in [-0.05, 0) is 17.7 Å². The lowest BCUT2D eigenvalue weighted by atomic mass is 10.0. The standard InChI is InChI=1S/C11H12Cl2N2O5.C3H6O2/c12-10(13)11(18)14-8(5-16)9(17)6-1-3-7(4-2-6)15(19)20;1-2-3(4)5/h1-4,8-10,16-17H,5H2,(H,14,18);2H2,1H3,(H,4,5). The van der Waals surface area contributed by atoms with Gasteiger partial charge in [0.2, 0.25) is 0 Å². The third-order valence-corrected chi connectivity index (χ3v) is 3.25. The molecule has 0 aliphatic heterocycles. The highest BCUT2D eigenvalue weighted by Crippen LogP contribution is 2.20. The number of hydrogen-bond acceptors (Lipinski definition) is 6. The van der Waals surface area contributed by atoms with Crippen molar-refractivity contribution in [1.82, 2.24) is 5.32 Å². The molecular formula is C14H18Cl2N2O7. The number of benzene rings is 1. The summed E-state index contributed by atoms with van der Waals surface area (Å²) in [5, 5.41) is 39.7. The minimum Gasteiger partial charge on any atom is -0.481 e. The van der Waals surface area contributed by atoms with Crippen LogP contribution < -0.4 is 5.32 Å². The predicted octanol–water partition coefficient (Wildman–Crippen LogP) is 1.39. The first-order valence-corrected chi connectivity index (χ1v) is 7.84. The quantitative estimate of drug-likeness (QED) is 0.308. The van der Waals surface area contributed by atoms with Crippen LogP contribution in [0.4, 0.5) is 5.69 Å². The fraction of sp³-hybridized carbons (Fsp3) is 0.429. The summed E-state index contributed by atoms with van der Waals surface area (Å²) in [7, 11) is 0. The first-order valence-electron chi connectivity index (χ1n) is 6.97. The van der Waals surface area contributed by atoms with Gasteiger partial charge in [-0.3, -0.25) is 19.7 Å². The predicted molar refractivity (Wildman–Crippen MR) is 90.5 cm³/mol. The molecule has 4 N–H and O–H groups in total. The molecule has 0 fully saturated rings. The van der Waals surface area contributed by atoms with Gasteiger partial charge in [-0.1, -0.05) is 30.1 Å². The number of nitrogens with zero attached hydrogens (tertiary/aromatic N) is 1. The van der Waals surface area contributed by atoms with E-state index in [0.29, 0.717) is 5.56 Å². The van der Waals surface area contributed by atoms with E-state index in [2.05, 4.69) is 5.32 Å². The second-order valence-electron chi connectivity index (χ2n) is 4.64. The Labute approximate surface area is 153 Å². The largest absolute Gasteiger partial charge is 0.481 e. The number of carbonyl (C=O) groups excluding carboxylic acids is 1. The van der Waals surface area contributed by atoms with Crippen LogP contribution in [-0.4, -0.2) is 49.6 Å². The van der Waals surface area contributed by atoms with E-state index in [9.17, 15) is 24.8 Å². The molecular weight excluding hydrogens is 379 g/mol. The first kappa shape index (κ1) is 23.1. The molecule has 140 valence electrons. The van der Waals surface area contributed by atoms with Crippen molar-refractivity contribution in [3.05, 3.63) is 39.9 Å². The monoisotopic (exact) mass is 396 g/mol. The lowest BCUT2D eigenvalue weighted by molar-refractivity contribution is -0.384. The number of carbonyl (C=O) groups is 2. The molecule has 1 amide bonds. The second-order valence-corrected chi connectivity index (χ2v) is 5.74. The maximum absolute atomic E-state index is 11.3. The van der Waals surface area contributed by atoms with E-state index in [0.717, 1.165) is 0 Å². The molecule has 0 bridgehead atoms. The summed E-state index contributed by atoms with van der Waals surface area (Å²) in [6.07, 6.45) is -1.03. The van der Waals surface area contributed by atoms with Crippen LogP contribution in [-0.2, 0) is 9.59 Å². The highest BCUT2D eigenvalue weighted by Gasteiger charge is 2.24. The van der Waals surface area contributed by atoms with Crippen LogP contribution in [0.1, 0.15) is 25.0 Å². The molecule has 0 aliphatic carbocycles. The molecule has 0 aliphatic rings. The molecule has 1 aromatic rings. The van der Waals surface area contributed by atoms with Crippen molar-refractivity contribution in [1.29, 1.82) is 0 Å². The molecule has 0 spiro atoms. The van der Waals surface area contributed by atoms with Gasteiger partial charge in [0.25, 0.3) is 11.6 Å². The molecule has 0 heterocycles. The minimum atomic E-state index is -1.33. The molecule has 2 unspecified atom stereocenters. The SMILES string of the molecule is CCC(=O)O.O=C(NC(CO)C(O)c1ccc([N+](=O)[O-])cc1)C(Cl)Cl. The van der Waals surface area contributed by atoms with Crippen LogP contribution in [0.3, 0.4) is 0 Å². The lowest BCUT2D eigenvalue weighted by Gasteiger charge is -2.22. The van der Waals surface area contributed by atoms with Crippen LogP contribution in [0.15, 0.2) is 24.3 Å². The number of alkyl halides is 2. The summed E-state index contributed by atoms with van der Waals surface area (Å²) in [5.74, 6) is -1.50. The number of rotatable bonds is 7. The van der Waals surface area contributed by atoms with Gasteiger partial charge >= 0.3 is 5.97 Å². The van der Waals surface area contributed by atoms with Crippen LogP contribution in [0.2, 0.25) is 0 Å². The number of nitro benzene ring substituents is 1. The number of carboxylic acid groups (broad SMARTS) is 1. The Kier molecular flexibility index (Phi) is 10.7. The molecule has 0 saturated heterocycles. The summed E-state index contributed by atoms with van der Waals surface area (Å²) in [6, 6.07) is 4.05. The number of aliphatic carboxylic acids is 1. The Morgan fingerprint density at radius 2 is 1.76 bits per heavy atom. The summed E-state index contributed by atoms with van der Waals surface area (Å²) in [5.41, 5.74) is 0.169. The highest BCUT2D eigenvalue weighted by molar-refractivity contribution is 6.53. The van der Waals surface area contributed by atoms with Crippen molar-refractivity contribution in [3.8, 4) is 0 Å². The summed E-state index contributed by atoms with van der Waals surface area (Å²) >= 11 is 10.7. The second kappa shape index (κ2) is 11.6. The number of amides is 1. The first-order chi connectivity index (χ1) is 11.6. The van der Waals surface area contributed by atoms with Crippen LogP contribution in [0.25, 0.3) is 0 Å². The molecule has 1 rings (SSSR count). The minimum absolute atomic E-state index is 0.132.